The maximum absolute atomic E-state index is 12.7. The number of nitrogens with one attached hydrogen (secondary N) is 1. The molecule has 2 aliphatic rings. The van der Waals surface area contributed by atoms with Crippen molar-refractivity contribution >= 4 is 18.3 Å². The van der Waals surface area contributed by atoms with Gasteiger partial charge in [-0.15, -0.1) is 12.4 Å². The molecule has 0 aliphatic carbocycles. The van der Waals surface area contributed by atoms with E-state index < -0.39 is 11.7 Å². The van der Waals surface area contributed by atoms with E-state index in [2.05, 4.69) is 5.32 Å². The molecular weight excluding hydrogens is 329 g/mol. The lowest BCUT2D eigenvalue weighted by Gasteiger charge is -2.28. The van der Waals surface area contributed by atoms with Gasteiger partial charge in [-0.3, -0.25) is 4.79 Å². The molecule has 23 heavy (non-hydrogen) atoms. The summed E-state index contributed by atoms with van der Waals surface area (Å²) in [6.07, 6.45) is -1.43. The molecular formula is C16H20ClF3N2O. The molecule has 1 aromatic rings. The molecule has 1 N–H and O–H groups in total. The molecule has 2 bridgehead atoms. The second-order valence-electron chi connectivity index (χ2n) is 6.05. The quantitative estimate of drug-likeness (QED) is 0.891. The Morgan fingerprint density at radius 1 is 1.22 bits per heavy atom. The van der Waals surface area contributed by atoms with E-state index in [9.17, 15) is 18.0 Å². The van der Waals surface area contributed by atoms with Gasteiger partial charge in [0.05, 0.1) is 12.0 Å². The van der Waals surface area contributed by atoms with Crippen LogP contribution in [0.5, 0.6) is 0 Å². The monoisotopic (exact) mass is 348 g/mol. The van der Waals surface area contributed by atoms with Gasteiger partial charge >= 0.3 is 6.18 Å². The summed E-state index contributed by atoms with van der Waals surface area (Å²) in [5.74, 6) is -0.0597. The summed E-state index contributed by atoms with van der Waals surface area (Å²) in [6.45, 7) is 1.68. The van der Waals surface area contributed by atoms with Crippen LogP contribution in [0.1, 0.15) is 30.4 Å². The minimum absolute atomic E-state index is 0. The maximum Gasteiger partial charge on any atom is 0.416 e. The molecule has 1 aromatic carbocycles. The van der Waals surface area contributed by atoms with Gasteiger partial charge in [0.15, 0.2) is 0 Å². The van der Waals surface area contributed by atoms with Crippen molar-refractivity contribution in [2.24, 2.45) is 0 Å². The summed E-state index contributed by atoms with van der Waals surface area (Å²) in [5.41, 5.74) is -0.269. The number of fused-ring (bicyclic) bond motifs is 2. The zero-order chi connectivity index (χ0) is 15.7. The van der Waals surface area contributed by atoms with Gasteiger partial charge in [0, 0.05) is 18.6 Å². The topological polar surface area (TPSA) is 32.3 Å². The molecule has 3 nitrogen and oxygen atoms in total. The van der Waals surface area contributed by atoms with Crippen LogP contribution in [0.15, 0.2) is 24.3 Å². The molecule has 2 aliphatic heterocycles. The van der Waals surface area contributed by atoms with Crippen LogP contribution in [0.2, 0.25) is 0 Å². The van der Waals surface area contributed by atoms with Gasteiger partial charge in [0.2, 0.25) is 5.91 Å². The van der Waals surface area contributed by atoms with Crippen LogP contribution in [-0.2, 0) is 17.4 Å². The standard InChI is InChI=1S/C16H19F3N2O.ClH/c17-16(18,19)12-3-1-2-11(8-12)9-15(22)21-13-4-5-14(21)10-20-7-6-13;/h1-3,8,13-14,20H,4-7,9-10H2;1H. The Morgan fingerprint density at radius 2 is 1.96 bits per heavy atom. The first kappa shape index (κ1) is 18.1. The number of nitrogens with zero attached hydrogens (tertiary/aromatic N) is 1. The Balaban J connectivity index is 0.00000192. The Labute approximate surface area is 139 Å². The largest absolute Gasteiger partial charge is 0.416 e. The first-order valence-electron chi connectivity index (χ1n) is 7.63. The van der Waals surface area contributed by atoms with Crippen LogP contribution in [0.3, 0.4) is 0 Å². The van der Waals surface area contributed by atoms with Gasteiger partial charge in [0.25, 0.3) is 0 Å². The number of carbonyl (C=O) groups is 1. The summed E-state index contributed by atoms with van der Waals surface area (Å²) < 4.78 is 38.2. The zero-order valence-electron chi connectivity index (χ0n) is 12.6. The van der Waals surface area contributed by atoms with Crippen molar-refractivity contribution in [1.82, 2.24) is 10.2 Å². The summed E-state index contributed by atoms with van der Waals surface area (Å²) in [5, 5.41) is 3.31. The van der Waals surface area contributed by atoms with Crippen LogP contribution < -0.4 is 5.32 Å². The van der Waals surface area contributed by atoms with Gasteiger partial charge in [-0.25, -0.2) is 0 Å². The minimum atomic E-state index is -4.37. The Kier molecular flexibility index (Phi) is 5.57. The second-order valence-corrected chi connectivity index (χ2v) is 6.05. The Bertz CT molecular complexity index is 551. The summed E-state index contributed by atoms with van der Waals surface area (Å²) in [7, 11) is 0. The third-order valence-electron chi connectivity index (χ3n) is 4.55. The number of benzene rings is 1. The number of rotatable bonds is 2. The predicted molar refractivity (Wildman–Crippen MR) is 83.5 cm³/mol. The van der Waals surface area contributed by atoms with Crippen molar-refractivity contribution in [2.45, 2.75) is 43.9 Å². The highest BCUT2D eigenvalue weighted by atomic mass is 35.5. The molecule has 2 unspecified atom stereocenters. The van der Waals surface area contributed by atoms with Crippen molar-refractivity contribution in [3.05, 3.63) is 35.4 Å². The molecule has 0 aromatic heterocycles. The summed E-state index contributed by atoms with van der Waals surface area (Å²) in [4.78, 5) is 14.5. The van der Waals surface area contributed by atoms with Crippen molar-refractivity contribution in [1.29, 1.82) is 0 Å². The highest BCUT2D eigenvalue weighted by Crippen LogP contribution is 2.31. The molecule has 2 saturated heterocycles. The van der Waals surface area contributed by atoms with E-state index in [1.807, 2.05) is 4.90 Å². The van der Waals surface area contributed by atoms with Crippen LogP contribution in [0, 0.1) is 0 Å². The highest BCUT2D eigenvalue weighted by molar-refractivity contribution is 5.85. The number of hydrogen-bond acceptors (Lipinski definition) is 2. The van der Waals surface area contributed by atoms with Gasteiger partial charge in [-0.2, -0.15) is 13.2 Å². The number of halogens is 4. The molecule has 128 valence electrons. The SMILES string of the molecule is Cl.O=C(Cc1cccc(C(F)(F)F)c1)N1C2CCNCC1CC2. The van der Waals surface area contributed by atoms with Gasteiger partial charge in [-0.1, -0.05) is 18.2 Å². The number of amides is 1. The number of carbonyl (C=O) groups excluding carboxylic acids is 1. The maximum atomic E-state index is 12.7. The van der Waals surface area contributed by atoms with E-state index in [4.69, 9.17) is 0 Å². The zero-order valence-corrected chi connectivity index (χ0v) is 13.4. The van der Waals surface area contributed by atoms with Gasteiger partial charge in [-0.05, 0) is 37.4 Å². The molecule has 0 spiro atoms. The van der Waals surface area contributed by atoms with Crippen molar-refractivity contribution in [3.63, 3.8) is 0 Å². The summed E-state index contributed by atoms with van der Waals surface area (Å²) >= 11 is 0. The summed E-state index contributed by atoms with van der Waals surface area (Å²) in [6, 6.07) is 5.49. The molecule has 2 heterocycles. The molecule has 0 radical (unpaired) electrons. The lowest BCUT2D eigenvalue weighted by atomic mass is 10.1. The van der Waals surface area contributed by atoms with E-state index in [1.54, 1.807) is 6.07 Å². The average Bonchev–Trinajstić information content (AvgIpc) is 2.71. The fraction of sp³-hybridized carbons (Fsp3) is 0.562. The van der Waals surface area contributed by atoms with Crippen molar-refractivity contribution in [3.8, 4) is 0 Å². The fourth-order valence-corrected chi connectivity index (χ4v) is 3.51. The van der Waals surface area contributed by atoms with Gasteiger partial charge < -0.3 is 10.2 Å². The van der Waals surface area contributed by atoms with Crippen molar-refractivity contribution < 1.29 is 18.0 Å². The minimum Gasteiger partial charge on any atom is -0.335 e. The normalized spacial score (nSPS) is 24.0. The highest BCUT2D eigenvalue weighted by Gasteiger charge is 2.38. The molecule has 1 amide bonds. The molecule has 2 fully saturated rings. The molecule has 2 atom stereocenters. The smallest absolute Gasteiger partial charge is 0.335 e. The first-order chi connectivity index (χ1) is 10.4. The lowest BCUT2D eigenvalue weighted by Crippen LogP contribution is -2.43. The van der Waals surface area contributed by atoms with Gasteiger partial charge in [0.1, 0.15) is 0 Å². The molecule has 3 rings (SSSR count). The van der Waals surface area contributed by atoms with E-state index in [-0.39, 0.29) is 36.8 Å². The molecule has 0 saturated carbocycles. The lowest BCUT2D eigenvalue weighted by molar-refractivity contribution is -0.138. The van der Waals surface area contributed by atoms with E-state index in [0.29, 0.717) is 5.56 Å². The first-order valence-corrected chi connectivity index (χ1v) is 7.63. The van der Waals surface area contributed by atoms with E-state index in [0.717, 1.165) is 44.5 Å². The third-order valence-corrected chi connectivity index (χ3v) is 4.55. The van der Waals surface area contributed by atoms with Crippen LogP contribution in [0.4, 0.5) is 13.2 Å². The van der Waals surface area contributed by atoms with E-state index in [1.165, 1.54) is 6.07 Å². The van der Waals surface area contributed by atoms with Crippen LogP contribution in [-0.4, -0.2) is 36.0 Å². The van der Waals surface area contributed by atoms with Crippen LogP contribution >= 0.6 is 12.4 Å². The number of hydrogen-bond donors (Lipinski definition) is 1. The average molecular weight is 349 g/mol. The van der Waals surface area contributed by atoms with Crippen LogP contribution in [0.25, 0.3) is 0 Å². The number of alkyl halides is 3. The third kappa shape index (κ3) is 3.98. The Hall–Kier alpha value is -1.27. The molecule has 7 heteroatoms. The second kappa shape index (κ2) is 7.09. The van der Waals surface area contributed by atoms with Crippen molar-refractivity contribution in [2.75, 3.05) is 13.1 Å². The predicted octanol–water partition coefficient (Wildman–Crippen LogP) is 3.02. The van der Waals surface area contributed by atoms with E-state index >= 15 is 0 Å². The Morgan fingerprint density at radius 3 is 2.70 bits per heavy atom. The fourth-order valence-electron chi connectivity index (χ4n) is 3.51.